The molecule has 216 valence electrons. The van der Waals surface area contributed by atoms with Crippen LogP contribution >= 0.6 is 23.2 Å². The minimum absolute atomic E-state index is 0.0106. The number of benzene rings is 2. The van der Waals surface area contributed by atoms with E-state index in [1.54, 1.807) is 41.3 Å². The molecule has 40 heavy (non-hydrogen) atoms. The number of hydrogen-bond donors (Lipinski definition) is 0. The minimum Gasteiger partial charge on any atom is -0.339 e. The smallest absolute Gasteiger partial charge is 0.339 e. The van der Waals surface area contributed by atoms with Gasteiger partial charge in [0.1, 0.15) is 6.17 Å². The van der Waals surface area contributed by atoms with Gasteiger partial charge in [0.15, 0.2) is 0 Å². The van der Waals surface area contributed by atoms with Gasteiger partial charge in [0.05, 0.1) is 12.0 Å². The second-order valence-electron chi connectivity index (χ2n) is 10.9. The van der Waals surface area contributed by atoms with Crippen LogP contribution in [0, 0.1) is 5.92 Å². The summed E-state index contributed by atoms with van der Waals surface area (Å²) < 4.78 is 52.4. The highest BCUT2D eigenvalue weighted by atomic mass is 35.5. The molecule has 2 aromatic carbocycles. The Kier molecular flexibility index (Phi) is 8.64. The van der Waals surface area contributed by atoms with Gasteiger partial charge in [-0.15, -0.1) is 0 Å². The lowest BCUT2D eigenvalue weighted by molar-refractivity contribution is -0.183. The molecule has 3 fully saturated rings. The standard InChI is InChI=1S/C29H31Cl2F4N3O2/c30-24-15-20(18-1-3-19(4-2-18)27(39)37-10-5-21(6-11-37)29(33,34)35)16-25(31)23(24)17-38-14-9-26(28(38)40)36-12-7-22(32)8-13-36/h1-4,15-16,21-22,26H,5-14,17H2. The third-order valence-electron chi connectivity index (χ3n) is 8.37. The Balaban J connectivity index is 1.22. The van der Waals surface area contributed by atoms with Crippen LogP contribution in [0.15, 0.2) is 36.4 Å². The molecule has 0 N–H and O–H groups in total. The van der Waals surface area contributed by atoms with Crippen LogP contribution in [-0.4, -0.2) is 77.6 Å². The van der Waals surface area contributed by atoms with Crippen molar-refractivity contribution in [2.45, 2.75) is 57.0 Å². The second kappa shape index (κ2) is 11.9. The van der Waals surface area contributed by atoms with E-state index in [1.165, 1.54) is 4.90 Å². The maximum atomic E-state index is 13.5. The molecule has 3 aliphatic heterocycles. The van der Waals surface area contributed by atoms with Crippen LogP contribution in [0.1, 0.15) is 48.0 Å². The third-order valence-corrected chi connectivity index (χ3v) is 9.04. The van der Waals surface area contributed by atoms with E-state index in [1.807, 2.05) is 0 Å². The van der Waals surface area contributed by atoms with E-state index >= 15 is 0 Å². The number of hydrogen-bond acceptors (Lipinski definition) is 3. The summed E-state index contributed by atoms with van der Waals surface area (Å²) in [6.45, 7) is 2.19. The lowest BCUT2D eigenvalue weighted by Crippen LogP contribution is -2.46. The number of amides is 2. The van der Waals surface area contributed by atoms with Crippen molar-refractivity contribution in [2.24, 2.45) is 5.92 Å². The molecule has 3 saturated heterocycles. The van der Waals surface area contributed by atoms with Crippen molar-refractivity contribution in [3.63, 3.8) is 0 Å². The minimum atomic E-state index is -4.23. The zero-order valence-corrected chi connectivity index (χ0v) is 23.4. The van der Waals surface area contributed by atoms with Gasteiger partial charge in [0.2, 0.25) is 5.91 Å². The van der Waals surface area contributed by atoms with Crippen LogP contribution in [0.5, 0.6) is 0 Å². The van der Waals surface area contributed by atoms with Crippen LogP contribution in [0.4, 0.5) is 17.6 Å². The summed E-state index contributed by atoms with van der Waals surface area (Å²) >= 11 is 13.2. The summed E-state index contributed by atoms with van der Waals surface area (Å²) in [6.07, 6.45) is -3.58. The van der Waals surface area contributed by atoms with Crippen molar-refractivity contribution >= 4 is 35.0 Å². The van der Waals surface area contributed by atoms with Gasteiger partial charge in [-0.05, 0) is 67.5 Å². The molecular weight excluding hydrogens is 569 g/mol. The van der Waals surface area contributed by atoms with Gasteiger partial charge >= 0.3 is 6.18 Å². The number of alkyl halides is 4. The summed E-state index contributed by atoms with van der Waals surface area (Å²) in [5.41, 5.74) is 2.57. The number of carbonyl (C=O) groups is 2. The van der Waals surface area contributed by atoms with Gasteiger partial charge in [-0.2, -0.15) is 13.2 Å². The first kappa shape index (κ1) is 29.1. The summed E-state index contributed by atoms with van der Waals surface area (Å²) in [6, 6.07) is 10.1. The van der Waals surface area contributed by atoms with Gasteiger partial charge < -0.3 is 9.80 Å². The van der Waals surface area contributed by atoms with Gasteiger partial charge in [-0.25, -0.2) is 4.39 Å². The lowest BCUT2D eigenvalue weighted by Gasteiger charge is -2.33. The van der Waals surface area contributed by atoms with Crippen molar-refractivity contribution in [3.8, 4) is 11.1 Å². The first-order valence-electron chi connectivity index (χ1n) is 13.6. The summed E-state index contributed by atoms with van der Waals surface area (Å²) in [4.78, 5) is 31.2. The first-order valence-corrected chi connectivity index (χ1v) is 14.4. The topological polar surface area (TPSA) is 43.9 Å². The molecule has 1 atom stereocenters. The number of halogens is 6. The molecule has 3 heterocycles. The molecule has 3 aliphatic rings. The number of piperidine rings is 2. The van der Waals surface area contributed by atoms with E-state index in [-0.39, 0.29) is 50.3 Å². The fourth-order valence-electron chi connectivity index (χ4n) is 5.91. The van der Waals surface area contributed by atoms with Crippen molar-refractivity contribution < 1.29 is 27.2 Å². The Morgan fingerprint density at radius 2 is 1.45 bits per heavy atom. The predicted molar refractivity (Wildman–Crippen MR) is 146 cm³/mol. The summed E-state index contributed by atoms with van der Waals surface area (Å²) in [5, 5.41) is 0.842. The van der Waals surface area contributed by atoms with Crippen LogP contribution in [0.3, 0.4) is 0 Å². The SMILES string of the molecule is O=C(c1ccc(-c2cc(Cl)c(CN3CCC(N4CCC(F)CC4)C3=O)c(Cl)c2)cc1)N1CCC(C(F)(F)F)CC1. The predicted octanol–water partition coefficient (Wildman–Crippen LogP) is 6.61. The van der Waals surface area contributed by atoms with E-state index in [4.69, 9.17) is 23.2 Å². The Bertz CT molecular complexity index is 1220. The maximum Gasteiger partial charge on any atom is 0.391 e. The molecule has 2 amide bonds. The third kappa shape index (κ3) is 6.26. The fourth-order valence-corrected chi connectivity index (χ4v) is 6.51. The molecule has 0 spiro atoms. The van der Waals surface area contributed by atoms with Gasteiger partial charge in [-0.3, -0.25) is 14.5 Å². The van der Waals surface area contributed by atoms with E-state index in [9.17, 15) is 27.2 Å². The van der Waals surface area contributed by atoms with E-state index in [2.05, 4.69) is 4.90 Å². The maximum absolute atomic E-state index is 13.5. The number of likely N-dealkylation sites (tertiary alicyclic amines) is 3. The number of carbonyl (C=O) groups excluding carboxylic acids is 2. The second-order valence-corrected chi connectivity index (χ2v) is 11.7. The average molecular weight is 600 g/mol. The highest BCUT2D eigenvalue weighted by molar-refractivity contribution is 6.36. The number of nitrogens with zero attached hydrogens (tertiary/aromatic N) is 3. The zero-order chi connectivity index (χ0) is 28.6. The quantitative estimate of drug-likeness (QED) is 0.363. The first-order chi connectivity index (χ1) is 19.0. The van der Waals surface area contributed by atoms with Gasteiger partial charge in [0, 0.05) is 60.4 Å². The molecule has 2 aromatic rings. The molecule has 0 bridgehead atoms. The van der Waals surface area contributed by atoms with Crippen molar-refractivity contribution in [2.75, 3.05) is 32.7 Å². The normalized spacial score (nSPS) is 21.9. The molecule has 0 saturated carbocycles. The number of rotatable bonds is 5. The Hall–Kier alpha value is -2.36. The molecule has 0 radical (unpaired) electrons. The van der Waals surface area contributed by atoms with Crippen LogP contribution in [0.25, 0.3) is 11.1 Å². The molecule has 11 heteroatoms. The van der Waals surface area contributed by atoms with Crippen LogP contribution < -0.4 is 0 Å². The fraction of sp³-hybridized carbons (Fsp3) is 0.517. The molecule has 0 aromatic heterocycles. The Morgan fingerprint density at radius 3 is 2.02 bits per heavy atom. The van der Waals surface area contributed by atoms with Crippen molar-refractivity contribution in [1.29, 1.82) is 0 Å². The Morgan fingerprint density at radius 1 is 0.850 bits per heavy atom. The molecule has 5 rings (SSSR count). The van der Waals surface area contributed by atoms with Crippen molar-refractivity contribution in [1.82, 2.24) is 14.7 Å². The van der Waals surface area contributed by atoms with Crippen LogP contribution in [0.2, 0.25) is 10.0 Å². The zero-order valence-electron chi connectivity index (χ0n) is 21.9. The average Bonchev–Trinajstić information content (AvgIpc) is 3.30. The van der Waals surface area contributed by atoms with Crippen molar-refractivity contribution in [3.05, 3.63) is 57.6 Å². The molecule has 1 unspecified atom stereocenters. The lowest BCUT2D eigenvalue weighted by atomic mass is 9.95. The molecule has 0 aliphatic carbocycles. The van der Waals surface area contributed by atoms with Crippen LogP contribution in [-0.2, 0) is 11.3 Å². The highest BCUT2D eigenvalue weighted by Gasteiger charge is 2.42. The van der Waals surface area contributed by atoms with Gasteiger partial charge in [0.25, 0.3) is 5.91 Å². The monoisotopic (exact) mass is 599 g/mol. The van der Waals surface area contributed by atoms with Gasteiger partial charge in [-0.1, -0.05) is 35.3 Å². The van der Waals surface area contributed by atoms with E-state index in [0.717, 1.165) is 11.1 Å². The van der Waals surface area contributed by atoms with E-state index in [0.29, 0.717) is 60.1 Å². The molecule has 5 nitrogen and oxygen atoms in total. The Labute approximate surface area is 241 Å². The largest absolute Gasteiger partial charge is 0.391 e. The molecular formula is C29H31Cl2F4N3O2. The van der Waals surface area contributed by atoms with E-state index < -0.39 is 18.3 Å². The highest BCUT2D eigenvalue weighted by Crippen LogP contribution is 2.36. The summed E-state index contributed by atoms with van der Waals surface area (Å²) in [5.74, 6) is -1.64. The summed E-state index contributed by atoms with van der Waals surface area (Å²) in [7, 11) is 0.